The number of rotatable bonds is 0. The fourth-order valence-electron chi connectivity index (χ4n) is 0.482. The van der Waals surface area contributed by atoms with Crippen molar-refractivity contribution in [1.82, 2.24) is 0 Å². The third-order valence-corrected chi connectivity index (χ3v) is 1.23. The van der Waals surface area contributed by atoms with Crippen LogP contribution in [0.3, 0.4) is 0 Å². The molecule has 2 atom stereocenters. The fraction of sp³-hybridized carbons (Fsp3) is 0.800. The topological polar surface area (TPSA) is 4.36 Å². The molecule has 0 spiro atoms. The van der Waals surface area contributed by atoms with Crippen molar-refractivity contribution in [3.63, 3.8) is 0 Å². The minimum atomic E-state index is 0.394. The zero-order chi connectivity index (χ0) is 4.57. The molecule has 1 fully saturated rings. The van der Waals surface area contributed by atoms with E-state index in [1.807, 2.05) is 0 Å². The molecule has 0 N–H and O–H groups in total. The first-order valence-electron chi connectivity index (χ1n) is 2.21. The lowest BCUT2D eigenvalue weighted by Gasteiger charge is -1.64. The van der Waals surface area contributed by atoms with Crippen LogP contribution in [-0.4, -0.2) is 6.04 Å². The largest absolute Gasteiger partial charge is 0.313 e. The molecule has 0 radical (unpaired) electrons. The van der Waals surface area contributed by atoms with Crippen LogP contribution in [0.25, 0.3) is 4.85 Å². The van der Waals surface area contributed by atoms with Gasteiger partial charge in [0.15, 0.2) is 0 Å². The summed E-state index contributed by atoms with van der Waals surface area (Å²) in [5.74, 6) is 0.711. The maximum atomic E-state index is 6.48. The van der Waals surface area contributed by atoms with E-state index in [9.17, 15) is 0 Å². The summed E-state index contributed by atoms with van der Waals surface area (Å²) in [7, 11) is 0. The smallest absolute Gasteiger partial charge is 0.227 e. The standard InChI is InChI=1S/C5H7N/c1-4-3-5(4)6-2/h4-5H,3H2,1H3/t4-,5-/m1/s1. The van der Waals surface area contributed by atoms with Crippen molar-refractivity contribution in [2.45, 2.75) is 19.4 Å². The highest BCUT2D eigenvalue weighted by molar-refractivity contribution is 4.98. The van der Waals surface area contributed by atoms with Gasteiger partial charge in [0.1, 0.15) is 0 Å². The summed E-state index contributed by atoms with van der Waals surface area (Å²) < 4.78 is 0. The Kier molecular flexibility index (Phi) is 0.597. The molecular formula is C5H7N. The van der Waals surface area contributed by atoms with E-state index in [1.165, 1.54) is 0 Å². The minimum Gasteiger partial charge on any atom is -0.313 e. The van der Waals surface area contributed by atoms with Gasteiger partial charge in [0, 0.05) is 12.3 Å². The van der Waals surface area contributed by atoms with Crippen molar-refractivity contribution >= 4 is 0 Å². The molecule has 1 aliphatic carbocycles. The van der Waals surface area contributed by atoms with Crippen molar-refractivity contribution in [2.75, 3.05) is 0 Å². The highest BCUT2D eigenvalue weighted by atomic mass is 14.8. The Bertz CT molecular complexity index is 90.6. The van der Waals surface area contributed by atoms with Crippen LogP contribution < -0.4 is 0 Å². The van der Waals surface area contributed by atoms with Gasteiger partial charge in [-0.3, -0.25) is 0 Å². The molecule has 32 valence electrons. The zero-order valence-corrected chi connectivity index (χ0v) is 3.81. The van der Waals surface area contributed by atoms with Crippen LogP contribution in [0.15, 0.2) is 0 Å². The van der Waals surface area contributed by atoms with Crippen LogP contribution in [0.5, 0.6) is 0 Å². The first-order chi connectivity index (χ1) is 2.84. The summed E-state index contributed by atoms with van der Waals surface area (Å²) in [6, 6.07) is 0.394. The zero-order valence-electron chi connectivity index (χ0n) is 3.81. The van der Waals surface area contributed by atoms with Crippen LogP contribution in [0.2, 0.25) is 0 Å². The molecule has 1 heteroatoms. The first kappa shape index (κ1) is 3.67. The molecule has 0 amide bonds. The molecular weight excluding hydrogens is 74.1 g/mol. The highest BCUT2D eigenvalue weighted by Gasteiger charge is 2.39. The summed E-state index contributed by atoms with van der Waals surface area (Å²) in [6.45, 7) is 8.59. The second-order valence-electron chi connectivity index (χ2n) is 1.91. The third-order valence-electron chi connectivity index (χ3n) is 1.23. The van der Waals surface area contributed by atoms with E-state index in [1.54, 1.807) is 0 Å². The second kappa shape index (κ2) is 0.975. The van der Waals surface area contributed by atoms with Gasteiger partial charge < -0.3 is 4.85 Å². The predicted molar refractivity (Wildman–Crippen MR) is 24.2 cm³/mol. The number of nitrogens with zero attached hydrogens (tertiary/aromatic N) is 1. The Labute approximate surface area is 37.8 Å². The summed E-state index contributed by atoms with van der Waals surface area (Å²) in [5.41, 5.74) is 0. The average Bonchev–Trinajstić information content (AvgIpc) is 2.19. The van der Waals surface area contributed by atoms with Crippen molar-refractivity contribution in [3.8, 4) is 0 Å². The molecule has 0 aliphatic heterocycles. The maximum absolute atomic E-state index is 6.48. The Morgan fingerprint density at radius 2 is 2.33 bits per heavy atom. The molecule has 1 nitrogen and oxygen atoms in total. The van der Waals surface area contributed by atoms with Gasteiger partial charge in [-0.1, -0.05) is 6.92 Å². The molecule has 0 heterocycles. The minimum absolute atomic E-state index is 0.394. The van der Waals surface area contributed by atoms with Gasteiger partial charge in [0.05, 0.1) is 0 Å². The number of hydrogen-bond donors (Lipinski definition) is 0. The third kappa shape index (κ3) is 0.386. The lowest BCUT2D eigenvalue weighted by molar-refractivity contribution is 0.958. The van der Waals surface area contributed by atoms with Gasteiger partial charge in [-0.2, -0.15) is 0 Å². The second-order valence-corrected chi connectivity index (χ2v) is 1.91. The molecule has 1 rings (SSSR count). The van der Waals surface area contributed by atoms with E-state index in [4.69, 9.17) is 6.57 Å². The maximum Gasteiger partial charge on any atom is 0.227 e. The monoisotopic (exact) mass is 81.1 g/mol. The van der Waals surface area contributed by atoms with E-state index >= 15 is 0 Å². The van der Waals surface area contributed by atoms with Gasteiger partial charge >= 0.3 is 0 Å². The normalized spacial score (nSPS) is 41.3. The SMILES string of the molecule is [C-]#[N+][C@@H]1C[C@H]1C. The molecule has 0 aromatic heterocycles. The highest BCUT2D eigenvalue weighted by Crippen LogP contribution is 2.32. The van der Waals surface area contributed by atoms with E-state index in [0.717, 1.165) is 6.42 Å². The van der Waals surface area contributed by atoms with E-state index in [0.29, 0.717) is 12.0 Å². The summed E-state index contributed by atoms with van der Waals surface area (Å²) in [5, 5.41) is 0. The van der Waals surface area contributed by atoms with Crippen LogP contribution in [0, 0.1) is 12.5 Å². The van der Waals surface area contributed by atoms with E-state index < -0.39 is 0 Å². The number of hydrogen-bond acceptors (Lipinski definition) is 0. The Balaban J connectivity index is 2.31. The Morgan fingerprint density at radius 3 is 2.33 bits per heavy atom. The Hall–Kier alpha value is -0.510. The molecule has 1 saturated carbocycles. The Morgan fingerprint density at radius 1 is 1.83 bits per heavy atom. The van der Waals surface area contributed by atoms with Gasteiger partial charge in [-0.05, 0) is 0 Å². The van der Waals surface area contributed by atoms with Crippen LogP contribution in [0.1, 0.15) is 13.3 Å². The van der Waals surface area contributed by atoms with Crippen molar-refractivity contribution in [3.05, 3.63) is 11.4 Å². The molecule has 1 aliphatic rings. The van der Waals surface area contributed by atoms with Gasteiger partial charge in [0.25, 0.3) is 0 Å². The van der Waals surface area contributed by atoms with Gasteiger partial charge in [-0.25, -0.2) is 6.57 Å². The van der Waals surface area contributed by atoms with Crippen molar-refractivity contribution < 1.29 is 0 Å². The summed E-state index contributed by atoms with van der Waals surface area (Å²) in [4.78, 5) is 3.33. The van der Waals surface area contributed by atoms with Crippen LogP contribution >= 0.6 is 0 Å². The van der Waals surface area contributed by atoms with E-state index in [2.05, 4.69) is 11.8 Å². The van der Waals surface area contributed by atoms with Crippen LogP contribution in [0.4, 0.5) is 0 Å². The predicted octanol–water partition coefficient (Wildman–Crippen LogP) is 1.31. The molecule has 0 unspecified atom stereocenters. The first-order valence-corrected chi connectivity index (χ1v) is 2.21. The lowest BCUT2D eigenvalue weighted by atomic mass is 10.5. The van der Waals surface area contributed by atoms with Crippen LogP contribution in [-0.2, 0) is 0 Å². The van der Waals surface area contributed by atoms with E-state index in [-0.39, 0.29) is 0 Å². The summed E-state index contributed by atoms with van der Waals surface area (Å²) in [6.07, 6.45) is 1.14. The quantitative estimate of drug-likeness (QED) is 0.387. The average molecular weight is 81.1 g/mol. The molecule has 0 bridgehead atoms. The van der Waals surface area contributed by atoms with Crippen molar-refractivity contribution in [1.29, 1.82) is 0 Å². The molecule has 6 heavy (non-hydrogen) atoms. The molecule has 0 aromatic carbocycles. The summed E-state index contributed by atoms with van der Waals surface area (Å²) >= 11 is 0. The lowest BCUT2D eigenvalue weighted by Crippen LogP contribution is -1.67. The van der Waals surface area contributed by atoms with Crippen molar-refractivity contribution in [2.24, 2.45) is 5.92 Å². The fourth-order valence-corrected chi connectivity index (χ4v) is 0.482. The molecule has 0 saturated heterocycles. The van der Waals surface area contributed by atoms with Gasteiger partial charge in [-0.15, -0.1) is 0 Å². The van der Waals surface area contributed by atoms with Gasteiger partial charge in [0.2, 0.25) is 6.04 Å². The molecule has 0 aromatic rings.